The van der Waals surface area contributed by atoms with Gasteiger partial charge >= 0.3 is 0 Å². The van der Waals surface area contributed by atoms with Gasteiger partial charge < -0.3 is 4.57 Å². The molecule has 0 N–H and O–H groups in total. The van der Waals surface area contributed by atoms with E-state index in [1.54, 1.807) is 6.07 Å². The van der Waals surface area contributed by atoms with E-state index in [1.807, 2.05) is 30.3 Å². The second kappa shape index (κ2) is 4.81. The molecule has 0 saturated carbocycles. The Balaban J connectivity index is 2.44. The minimum atomic E-state index is -0.430. The first kappa shape index (κ1) is 11.4. The number of rotatable bonds is 2. The van der Waals surface area contributed by atoms with E-state index >= 15 is 0 Å². The predicted octanol–water partition coefficient (Wildman–Crippen LogP) is 1.82. The highest BCUT2D eigenvalue weighted by Crippen LogP contribution is 2.05. The number of halogens is 1. The molecule has 0 saturated heterocycles. The number of hydrogen-bond donors (Lipinski definition) is 0. The summed E-state index contributed by atoms with van der Waals surface area (Å²) in [5, 5.41) is 8.89. The predicted molar refractivity (Wildman–Crippen MR) is 63.8 cm³/mol. The van der Waals surface area contributed by atoms with Gasteiger partial charge in [-0.25, -0.2) is 4.98 Å². The number of nitrogens with zero attached hydrogens (tertiary/aromatic N) is 3. The van der Waals surface area contributed by atoms with E-state index in [0.29, 0.717) is 6.54 Å². The monoisotopic (exact) mass is 245 g/mol. The lowest BCUT2D eigenvalue weighted by Crippen LogP contribution is -2.24. The van der Waals surface area contributed by atoms with Crippen molar-refractivity contribution < 1.29 is 0 Å². The molecule has 0 atom stereocenters. The Labute approximate surface area is 103 Å². The fourth-order valence-corrected chi connectivity index (χ4v) is 1.68. The maximum atomic E-state index is 11.8. The van der Waals surface area contributed by atoms with Gasteiger partial charge in [0.2, 0.25) is 5.69 Å². The first-order chi connectivity index (χ1) is 8.20. The van der Waals surface area contributed by atoms with Crippen molar-refractivity contribution in [3.8, 4) is 6.07 Å². The molecule has 1 aromatic carbocycles. The zero-order valence-electron chi connectivity index (χ0n) is 8.80. The lowest BCUT2D eigenvalue weighted by Gasteiger charge is -2.06. The zero-order chi connectivity index (χ0) is 12.3. The Morgan fingerprint density at radius 1 is 1.35 bits per heavy atom. The lowest BCUT2D eigenvalue weighted by atomic mass is 10.2. The molecule has 2 aromatic rings. The third-order valence-electron chi connectivity index (χ3n) is 2.25. The summed E-state index contributed by atoms with van der Waals surface area (Å²) in [6.45, 7) is 0.372. The molecule has 0 amide bonds. The Bertz CT molecular complexity index is 628. The van der Waals surface area contributed by atoms with Crippen molar-refractivity contribution in [1.82, 2.24) is 9.55 Å². The Morgan fingerprint density at radius 2 is 2.06 bits per heavy atom. The molecule has 84 valence electrons. The smallest absolute Gasteiger partial charge is 0.287 e. The molecule has 0 spiro atoms. The molecule has 1 heterocycles. The minimum absolute atomic E-state index is 0.136. The number of hydrogen-bond acceptors (Lipinski definition) is 3. The van der Waals surface area contributed by atoms with Crippen molar-refractivity contribution >= 4 is 11.6 Å². The zero-order valence-corrected chi connectivity index (χ0v) is 9.55. The van der Waals surface area contributed by atoms with Crippen LogP contribution in [0.4, 0.5) is 0 Å². The highest BCUT2D eigenvalue weighted by Gasteiger charge is 2.07. The molecule has 0 aliphatic carbocycles. The van der Waals surface area contributed by atoms with E-state index in [9.17, 15) is 4.79 Å². The van der Waals surface area contributed by atoms with Crippen molar-refractivity contribution in [3.05, 3.63) is 63.3 Å². The van der Waals surface area contributed by atoms with Gasteiger partial charge in [-0.15, -0.1) is 0 Å². The van der Waals surface area contributed by atoms with Crippen LogP contribution in [-0.4, -0.2) is 9.55 Å². The van der Waals surface area contributed by atoms with Crippen LogP contribution >= 0.6 is 11.6 Å². The summed E-state index contributed by atoms with van der Waals surface area (Å²) in [5.41, 5.74) is 0.343. The summed E-state index contributed by atoms with van der Waals surface area (Å²) in [6.07, 6.45) is 1.43. The standard InChI is InChI=1S/C12H8ClN3O/c13-11-8-16(12(17)10(6-14)15-11)7-9-4-2-1-3-5-9/h1-5,8H,7H2. The van der Waals surface area contributed by atoms with Crippen LogP contribution in [0.15, 0.2) is 41.3 Å². The molecule has 0 unspecified atom stereocenters. The van der Waals surface area contributed by atoms with Gasteiger partial charge in [-0.3, -0.25) is 4.79 Å². The molecule has 0 radical (unpaired) electrons. The summed E-state index contributed by atoms with van der Waals surface area (Å²) in [4.78, 5) is 15.4. The summed E-state index contributed by atoms with van der Waals surface area (Å²) in [7, 11) is 0. The van der Waals surface area contributed by atoms with Crippen LogP contribution in [0.5, 0.6) is 0 Å². The molecule has 2 rings (SSSR count). The molecule has 0 aliphatic heterocycles. The SMILES string of the molecule is N#Cc1nc(Cl)cn(Cc2ccccc2)c1=O. The normalized spacial score (nSPS) is 9.88. The van der Waals surface area contributed by atoms with E-state index < -0.39 is 5.56 Å². The van der Waals surface area contributed by atoms with Gasteiger partial charge in [-0.1, -0.05) is 41.9 Å². The second-order valence-electron chi connectivity index (χ2n) is 3.44. The van der Waals surface area contributed by atoms with Crippen molar-refractivity contribution in [2.45, 2.75) is 6.54 Å². The number of nitriles is 1. The molecule has 1 aromatic heterocycles. The van der Waals surface area contributed by atoms with Gasteiger partial charge in [-0.05, 0) is 5.56 Å². The van der Waals surface area contributed by atoms with Gasteiger partial charge in [-0.2, -0.15) is 5.26 Å². The Hall–Kier alpha value is -2.12. The molecule has 4 nitrogen and oxygen atoms in total. The van der Waals surface area contributed by atoms with Crippen molar-refractivity contribution in [3.63, 3.8) is 0 Å². The van der Waals surface area contributed by atoms with Crippen LogP contribution in [0, 0.1) is 11.3 Å². The highest BCUT2D eigenvalue weighted by atomic mass is 35.5. The number of benzene rings is 1. The van der Waals surface area contributed by atoms with Crippen LogP contribution in [0.2, 0.25) is 5.15 Å². The third kappa shape index (κ3) is 2.52. The van der Waals surface area contributed by atoms with E-state index in [2.05, 4.69) is 4.98 Å². The largest absolute Gasteiger partial charge is 0.306 e. The van der Waals surface area contributed by atoms with E-state index in [-0.39, 0.29) is 10.8 Å². The van der Waals surface area contributed by atoms with Crippen molar-refractivity contribution in [1.29, 1.82) is 5.26 Å². The molecule has 17 heavy (non-hydrogen) atoms. The van der Waals surface area contributed by atoms with Gasteiger partial charge in [0.1, 0.15) is 11.2 Å². The molecular formula is C12H8ClN3O. The van der Waals surface area contributed by atoms with Crippen LogP contribution in [0.1, 0.15) is 11.3 Å². The van der Waals surface area contributed by atoms with Crippen LogP contribution in [0.3, 0.4) is 0 Å². The average molecular weight is 246 g/mol. The quantitative estimate of drug-likeness (QED) is 0.811. The topological polar surface area (TPSA) is 58.7 Å². The van der Waals surface area contributed by atoms with E-state index in [1.165, 1.54) is 10.8 Å². The second-order valence-corrected chi connectivity index (χ2v) is 3.83. The van der Waals surface area contributed by atoms with Crippen LogP contribution in [-0.2, 0) is 6.54 Å². The van der Waals surface area contributed by atoms with E-state index in [4.69, 9.17) is 16.9 Å². The van der Waals surface area contributed by atoms with Crippen LogP contribution in [0.25, 0.3) is 0 Å². The molecular weight excluding hydrogens is 238 g/mol. The fourth-order valence-electron chi connectivity index (χ4n) is 1.48. The van der Waals surface area contributed by atoms with Gasteiger partial charge in [0.15, 0.2) is 0 Å². The molecule has 5 heteroatoms. The summed E-state index contributed by atoms with van der Waals surface area (Å²) < 4.78 is 1.38. The number of aromatic nitrogens is 2. The first-order valence-electron chi connectivity index (χ1n) is 4.91. The van der Waals surface area contributed by atoms with Crippen LogP contribution < -0.4 is 5.56 Å². The van der Waals surface area contributed by atoms with Crippen molar-refractivity contribution in [2.24, 2.45) is 0 Å². The maximum absolute atomic E-state index is 11.8. The molecule has 0 fully saturated rings. The summed E-state index contributed by atoms with van der Waals surface area (Å²) >= 11 is 5.75. The van der Waals surface area contributed by atoms with Crippen molar-refractivity contribution in [2.75, 3.05) is 0 Å². The van der Waals surface area contributed by atoms with E-state index in [0.717, 1.165) is 5.56 Å². The Morgan fingerprint density at radius 3 is 2.71 bits per heavy atom. The molecule has 0 aliphatic rings. The fraction of sp³-hybridized carbons (Fsp3) is 0.0833. The minimum Gasteiger partial charge on any atom is -0.306 e. The lowest BCUT2D eigenvalue weighted by molar-refractivity contribution is 0.744. The highest BCUT2D eigenvalue weighted by molar-refractivity contribution is 6.29. The summed E-state index contributed by atoms with van der Waals surface area (Å²) in [5.74, 6) is 0. The third-order valence-corrected chi connectivity index (χ3v) is 2.43. The Kier molecular flexibility index (Phi) is 3.22. The van der Waals surface area contributed by atoms with Gasteiger partial charge in [0, 0.05) is 6.20 Å². The first-order valence-corrected chi connectivity index (χ1v) is 5.29. The van der Waals surface area contributed by atoms with Gasteiger partial charge in [0.05, 0.1) is 6.54 Å². The summed E-state index contributed by atoms with van der Waals surface area (Å²) in [6, 6.07) is 11.2. The van der Waals surface area contributed by atoms with Gasteiger partial charge in [0.25, 0.3) is 5.56 Å². The molecule has 0 bridgehead atoms. The maximum Gasteiger partial charge on any atom is 0.287 e. The average Bonchev–Trinajstić information content (AvgIpc) is 2.34.